The van der Waals surface area contributed by atoms with E-state index in [4.69, 9.17) is 0 Å². The first-order valence-corrected chi connectivity index (χ1v) is 13.0. The maximum atomic E-state index is 13.4. The van der Waals surface area contributed by atoms with Crippen LogP contribution in [-0.2, 0) is 13.1 Å². The Morgan fingerprint density at radius 1 is 0.618 bits per heavy atom. The summed E-state index contributed by atoms with van der Waals surface area (Å²) in [6.45, 7) is 5.97. The van der Waals surface area contributed by atoms with Gasteiger partial charge >= 0.3 is 0 Å². The molecule has 0 aliphatic heterocycles. The fraction of sp³-hybridized carbons (Fsp3) is 0.214. The number of benzene rings is 2. The van der Waals surface area contributed by atoms with E-state index in [0.717, 1.165) is 20.9 Å². The number of rotatable bonds is 9. The first kappa shape index (κ1) is 23.9. The number of carbonyl (C=O) groups is 2. The molecule has 34 heavy (non-hydrogen) atoms. The zero-order valence-corrected chi connectivity index (χ0v) is 21.1. The molecule has 4 aromatic rings. The number of hydrogen-bond acceptors (Lipinski definition) is 4. The third-order valence-corrected chi connectivity index (χ3v) is 7.39. The fourth-order valence-corrected chi connectivity index (χ4v) is 5.12. The van der Waals surface area contributed by atoms with E-state index in [9.17, 15) is 9.59 Å². The molecule has 0 aliphatic carbocycles. The zero-order valence-electron chi connectivity index (χ0n) is 19.4. The first-order valence-electron chi connectivity index (χ1n) is 11.3. The second kappa shape index (κ2) is 11.3. The maximum Gasteiger partial charge on any atom is 0.254 e. The Hall–Kier alpha value is -3.22. The van der Waals surface area contributed by atoms with E-state index < -0.39 is 0 Å². The van der Waals surface area contributed by atoms with Crippen LogP contribution in [-0.4, -0.2) is 34.7 Å². The van der Waals surface area contributed by atoms with Gasteiger partial charge in [-0.1, -0.05) is 47.5 Å². The lowest BCUT2D eigenvalue weighted by Gasteiger charge is -2.28. The van der Waals surface area contributed by atoms with Crippen molar-refractivity contribution in [3.05, 3.63) is 116 Å². The van der Waals surface area contributed by atoms with E-state index in [-0.39, 0.29) is 11.8 Å². The molecule has 2 heterocycles. The van der Waals surface area contributed by atoms with Crippen molar-refractivity contribution < 1.29 is 9.59 Å². The Morgan fingerprint density at radius 2 is 1.00 bits per heavy atom. The molecule has 0 spiro atoms. The molecule has 0 N–H and O–H groups in total. The molecule has 2 aromatic carbocycles. The largest absolute Gasteiger partial charge is 0.332 e. The lowest BCUT2D eigenvalue weighted by atomic mass is 10.1. The van der Waals surface area contributed by atoms with Gasteiger partial charge in [-0.05, 0) is 61.0 Å². The molecule has 0 radical (unpaired) electrons. The molecule has 4 rings (SSSR count). The van der Waals surface area contributed by atoms with Crippen LogP contribution in [0.1, 0.15) is 41.6 Å². The topological polar surface area (TPSA) is 40.6 Å². The summed E-state index contributed by atoms with van der Waals surface area (Å²) >= 11 is 3.27. The van der Waals surface area contributed by atoms with Crippen LogP contribution in [0.4, 0.5) is 0 Å². The zero-order chi connectivity index (χ0) is 23.9. The molecule has 4 nitrogen and oxygen atoms in total. The quantitative estimate of drug-likeness (QED) is 0.273. The number of hydrogen-bond donors (Lipinski definition) is 0. The highest BCUT2D eigenvalue weighted by Crippen LogP contribution is 2.18. The van der Waals surface area contributed by atoms with Gasteiger partial charge in [0.05, 0.1) is 13.1 Å². The van der Waals surface area contributed by atoms with Crippen molar-refractivity contribution in [1.82, 2.24) is 9.80 Å². The predicted molar refractivity (Wildman–Crippen MR) is 140 cm³/mol. The molecule has 0 atom stereocenters. The number of carbonyl (C=O) groups excluding carboxylic acids is 2. The molecule has 2 aromatic heterocycles. The van der Waals surface area contributed by atoms with Crippen molar-refractivity contribution in [2.45, 2.75) is 26.9 Å². The van der Waals surface area contributed by atoms with Crippen LogP contribution in [0.25, 0.3) is 0 Å². The van der Waals surface area contributed by atoms with Gasteiger partial charge in [-0.3, -0.25) is 9.59 Å². The molecule has 0 aliphatic rings. The van der Waals surface area contributed by atoms with Crippen LogP contribution in [0, 0.1) is 13.8 Å². The third-order valence-electron chi connectivity index (χ3n) is 5.66. The maximum absolute atomic E-state index is 13.4. The Kier molecular flexibility index (Phi) is 7.93. The van der Waals surface area contributed by atoms with Gasteiger partial charge < -0.3 is 9.80 Å². The van der Waals surface area contributed by atoms with Gasteiger partial charge in [-0.25, -0.2) is 0 Å². The minimum absolute atomic E-state index is 0.0211. The summed E-state index contributed by atoms with van der Waals surface area (Å²) in [7, 11) is 0. The predicted octanol–water partition coefficient (Wildman–Crippen LogP) is 6.41. The second-order valence-electron chi connectivity index (χ2n) is 8.34. The SMILES string of the molecule is Cc1ccc(C(=O)N(CCN(Cc2cccs2)C(=O)c2ccc(C)cc2)Cc2cccs2)cc1. The van der Waals surface area contributed by atoms with Crippen LogP contribution < -0.4 is 0 Å². The van der Waals surface area contributed by atoms with Gasteiger partial charge in [-0.2, -0.15) is 0 Å². The highest BCUT2D eigenvalue weighted by molar-refractivity contribution is 7.10. The smallest absolute Gasteiger partial charge is 0.254 e. The average molecular weight is 489 g/mol. The van der Waals surface area contributed by atoms with Gasteiger partial charge in [-0.15, -0.1) is 22.7 Å². The van der Waals surface area contributed by atoms with Gasteiger partial charge in [0.1, 0.15) is 0 Å². The van der Waals surface area contributed by atoms with Gasteiger partial charge in [0.15, 0.2) is 0 Å². The molecular weight excluding hydrogens is 460 g/mol. The summed E-state index contributed by atoms with van der Waals surface area (Å²) < 4.78 is 0. The van der Waals surface area contributed by atoms with Crippen LogP contribution >= 0.6 is 22.7 Å². The van der Waals surface area contributed by atoms with E-state index in [1.807, 2.05) is 107 Å². The molecule has 0 saturated carbocycles. The van der Waals surface area contributed by atoms with Crippen molar-refractivity contribution in [2.75, 3.05) is 13.1 Å². The summed E-state index contributed by atoms with van der Waals surface area (Å²) in [5, 5.41) is 4.04. The van der Waals surface area contributed by atoms with Crippen molar-refractivity contribution in [2.24, 2.45) is 0 Å². The Bertz CT molecular complexity index is 1100. The van der Waals surface area contributed by atoms with Gasteiger partial charge in [0.25, 0.3) is 11.8 Å². The van der Waals surface area contributed by atoms with Crippen LogP contribution in [0.2, 0.25) is 0 Å². The molecule has 6 heteroatoms. The van der Waals surface area contributed by atoms with Crippen molar-refractivity contribution in [3.63, 3.8) is 0 Å². The monoisotopic (exact) mass is 488 g/mol. The van der Waals surface area contributed by atoms with E-state index in [1.54, 1.807) is 22.7 Å². The number of amides is 2. The molecule has 0 bridgehead atoms. The molecule has 2 amide bonds. The van der Waals surface area contributed by atoms with Crippen molar-refractivity contribution in [1.29, 1.82) is 0 Å². The lowest BCUT2D eigenvalue weighted by Crippen LogP contribution is -2.40. The number of nitrogens with zero attached hydrogens (tertiary/aromatic N) is 2. The summed E-state index contributed by atoms with van der Waals surface area (Å²) in [6.07, 6.45) is 0. The van der Waals surface area contributed by atoms with Crippen LogP contribution in [0.5, 0.6) is 0 Å². The van der Waals surface area contributed by atoms with E-state index in [1.165, 1.54) is 0 Å². The Morgan fingerprint density at radius 3 is 1.32 bits per heavy atom. The molecular formula is C28H28N2O2S2. The molecule has 0 unspecified atom stereocenters. The number of aryl methyl sites for hydroxylation is 2. The third kappa shape index (κ3) is 6.22. The van der Waals surface area contributed by atoms with E-state index in [0.29, 0.717) is 37.3 Å². The van der Waals surface area contributed by atoms with Gasteiger partial charge in [0, 0.05) is 34.0 Å². The summed E-state index contributed by atoms with van der Waals surface area (Å²) in [5.41, 5.74) is 3.56. The number of thiophene rings is 2. The second-order valence-corrected chi connectivity index (χ2v) is 10.4. The Labute approximate surface area is 209 Å². The normalized spacial score (nSPS) is 10.8. The standard InChI is InChI=1S/C28H28N2O2S2/c1-21-7-11-23(12-8-21)27(31)29(19-25-5-3-17-33-25)15-16-30(20-26-6-4-18-34-26)28(32)24-13-9-22(2)10-14-24/h3-14,17-18H,15-16,19-20H2,1-2H3. The summed E-state index contributed by atoms with van der Waals surface area (Å²) in [5.74, 6) is -0.0421. The Balaban J connectivity index is 1.55. The fourth-order valence-electron chi connectivity index (χ4n) is 3.68. The highest BCUT2D eigenvalue weighted by Gasteiger charge is 2.21. The molecule has 174 valence electrons. The minimum Gasteiger partial charge on any atom is -0.332 e. The van der Waals surface area contributed by atoms with Crippen molar-refractivity contribution >= 4 is 34.5 Å². The minimum atomic E-state index is -0.0211. The van der Waals surface area contributed by atoms with Crippen LogP contribution in [0.3, 0.4) is 0 Å². The van der Waals surface area contributed by atoms with Crippen molar-refractivity contribution in [3.8, 4) is 0 Å². The summed E-state index contributed by atoms with van der Waals surface area (Å²) in [4.78, 5) is 32.8. The van der Waals surface area contributed by atoms with Crippen LogP contribution in [0.15, 0.2) is 83.6 Å². The molecule has 0 fully saturated rings. The average Bonchev–Trinajstić information content (AvgIpc) is 3.55. The first-order chi connectivity index (χ1) is 16.5. The highest BCUT2D eigenvalue weighted by atomic mass is 32.1. The summed E-state index contributed by atoms with van der Waals surface area (Å²) in [6, 6.07) is 23.4. The lowest BCUT2D eigenvalue weighted by molar-refractivity contribution is 0.0647. The van der Waals surface area contributed by atoms with Gasteiger partial charge in [0.2, 0.25) is 0 Å². The van der Waals surface area contributed by atoms with E-state index >= 15 is 0 Å². The van der Waals surface area contributed by atoms with E-state index in [2.05, 4.69) is 0 Å². The molecule has 0 saturated heterocycles.